The predicted octanol–water partition coefficient (Wildman–Crippen LogP) is -0.989. The first-order valence-corrected chi connectivity index (χ1v) is 5.61. The molecule has 0 aromatic carbocycles. The number of carbonyl (C=O) groups is 3. The summed E-state index contributed by atoms with van der Waals surface area (Å²) in [6.07, 6.45) is 1.88. The van der Waals surface area contributed by atoms with Crippen molar-refractivity contribution in [3.05, 3.63) is 0 Å². The lowest BCUT2D eigenvalue weighted by molar-refractivity contribution is -0.133. The van der Waals surface area contributed by atoms with Crippen LogP contribution in [0, 0.1) is 0 Å². The number of hydrogen-bond acceptors (Lipinski definition) is 4. The van der Waals surface area contributed by atoms with E-state index >= 15 is 0 Å². The van der Waals surface area contributed by atoms with Crippen molar-refractivity contribution < 1.29 is 19.6 Å². The van der Waals surface area contributed by atoms with Gasteiger partial charge in [-0.15, -0.1) is 0 Å². The summed E-state index contributed by atoms with van der Waals surface area (Å²) in [6, 6.07) is 0. The fourth-order valence-electron chi connectivity index (χ4n) is 1.62. The van der Waals surface area contributed by atoms with Crippen LogP contribution in [-0.4, -0.2) is 47.5 Å². The highest BCUT2D eigenvalue weighted by Crippen LogP contribution is 2.06. The largest absolute Gasteiger partial charge is 0.347 e. The minimum Gasteiger partial charge on any atom is -0.347 e. The van der Waals surface area contributed by atoms with E-state index in [1.165, 1.54) is 5.48 Å². The maximum Gasteiger partial charge on any atom is 0.243 e. The van der Waals surface area contributed by atoms with Crippen molar-refractivity contribution >= 4 is 17.7 Å². The molecule has 3 N–H and O–H groups in total. The first-order chi connectivity index (χ1) is 8.13. The predicted molar refractivity (Wildman–Crippen MR) is 58.0 cm³/mol. The maximum atomic E-state index is 11.5. The number of hydrogen-bond donors (Lipinski definition) is 3. The van der Waals surface area contributed by atoms with E-state index in [-0.39, 0.29) is 31.2 Å². The van der Waals surface area contributed by atoms with E-state index in [0.717, 1.165) is 25.9 Å². The molecule has 0 spiro atoms. The number of likely N-dealkylation sites (tertiary alicyclic amines) is 1. The zero-order chi connectivity index (χ0) is 12.7. The topological polar surface area (TPSA) is 98.7 Å². The molecule has 0 bridgehead atoms. The SMILES string of the molecule is O=C(CCC(=O)NCC(=O)N1CCCC1)NO. The van der Waals surface area contributed by atoms with Gasteiger partial charge in [-0.05, 0) is 12.8 Å². The van der Waals surface area contributed by atoms with Crippen LogP contribution < -0.4 is 10.8 Å². The summed E-state index contributed by atoms with van der Waals surface area (Å²) in [6.45, 7) is 1.48. The molecule has 0 radical (unpaired) electrons. The molecule has 0 aromatic rings. The first kappa shape index (κ1) is 13.4. The first-order valence-electron chi connectivity index (χ1n) is 5.61. The second-order valence-electron chi connectivity index (χ2n) is 3.90. The number of nitrogens with one attached hydrogen (secondary N) is 2. The van der Waals surface area contributed by atoms with Gasteiger partial charge in [0.25, 0.3) is 0 Å². The van der Waals surface area contributed by atoms with Gasteiger partial charge in [-0.25, -0.2) is 5.48 Å². The van der Waals surface area contributed by atoms with E-state index in [9.17, 15) is 14.4 Å². The van der Waals surface area contributed by atoms with Gasteiger partial charge in [0.05, 0.1) is 6.54 Å². The smallest absolute Gasteiger partial charge is 0.243 e. The van der Waals surface area contributed by atoms with Crippen LogP contribution in [0.25, 0.3) is 0 Å². The van der Waals surface area contributed by atoms with E-state index in [1.807, 2.05) is 0 Å². The molecule has 0 aromatic heterocycles. The maximum absolute atomic E-state index is 11.5. The number of hydroxylamine groups is 1. The van der Waals surface area contributed by atoms with Gasteiger partial charge in [-0.1, -0.05) is 0 Å². The van der Waals surface area contributed by atoms with Crippen LogP contribution in [0.4, 0.5) is 0 Å². The normalized spacial score (nSPS) is 14.5. The van der Waals surface area contributed by atoms with E-state index in [0.29, 0.717) is 0 Å². The van der Waals surface area contributed by atoms with Gasteiger partial charge >= 0.3 is 0 Å². The van der Waals surface area contributed by atoms with Crippen molar-refractivity contribution in [3.63, 3.8) is 0 Å². The average Bonchev–Trinajstić information content (AvgIpc) is 2.86. The molecule has 1 aliphatic rings. The van der Waals surface area contributed by atoms with Gasteiger partial charge in [-0.2, -0.15) is 0 Å². The van der Waals surface area contributed by atoms with Crippen LogP contribution in [-0.2, 0) is 14.4 Å². The standard InChI is InChI=1S/C10H17N3O4/c14-8(3-4-9(15)12-17)11-7-10(16)13-5-1-2-6-13/h17H,1-7H2,(H,11,14)(H,12,15). The molecule has 0 aliphatic carbocycles. The second kappa shape index (κ2) is 6.85. The van der Waals surface area contributed by atoms with Crippen molar-refractivity contribution in [1.82, 2.24) is 15.7 Å². The highest BCUT2D eigenvalue weighted by atomic mass is 16.5. The van der Waals surface area contributed by atoms with E-state index < -0.39 is 5.91 Å². The number of carbonyl (C=O) groups excluding carboxylic acids is 3. The number of nitrogens with zero attached hydrogens (tertiary/aromatic N) is 1. The summed E-state index contributed by atoms with van der Waals surface area (Å²) in [7, 11) is 0. The molecule has 1 fully saturated rings. The minimum atomic E-state index is -0.619. The molecule has 0 saturated carbocycles. The lowest BCUT2D eigenvalue weighted by Gasteiger charge is -2.15. The molecular weight excluding hydrogens is 226 g/mol. The Kier molecular flexibility index (Phi) is 5.41. The molecule has 1 saturated heterocycles. The third kappa shape index (κ3) is 4.81. The van der Waals surface area contributed by atoms with Crippen molar-refractivity contribution in [1.29, 1.82) is 0 Å². The van der Waals surface area contributed by atoms with Gasteiger partial charge in [0.1, 0.15) is 0 Å². The molecular formula is C10H17N3O4. The lowest BCUT2D eigenvalue weighted by Crippen LogP contribution is -2.38. The van der Waals surface area contributed by atoms with Gasteiger partial charge in [0.15, 0.2) is 0 Å². The lowest BCUT2D eigenvalue weighted by atomic mass is 10.3. The van der Waals surface area contributed by atoms with Gasteiger partial charge in [0, 0.05) is 25.9 Å². The Morgan fingerprint density at radius 2 is 1.65 bits per heavy atom. The Morgan fingerprint density at radius 3 is 2.24 bits per heavy atom. The number of rotatable bonds is 5. The molecule has 3 amide bonds. The van der Waals surface area contributed by atoms with E-state index in [1.54, 1.807) is 4.90 Å². The summed E-state index contributed by atoms with van der Waals surface area (Å²) >= 11 is 0. The van der Waals surface area contributed by atoms with Crippen LogP contribution in [0.2, 0.25) is 0 Å². The van der Waals surface area contributed by atoms with Gasteiger partial charge in [0.2, 0.25) is 17.7 Å². The van der Waals surface area contributed by atoms with Gasteiger partial charge < -0.3 is 10.2 Å². The third-order valence-electron chi connectivity index (χ3n) is 2.60. The Balaban J connectivity index is 2.14. The molecule has 17 heavy (non-hydrogen) atoms. The Hall–Kier alpha value is -1.63. The Labute approximate surface area is 99.1 Å². The molecule has 7 heteroatoms. The Bertz CT molecular complexity index is 300. The highest BCUT2D eigenvalue weighted by Gasteiger charge is 2.18. The molecule has 0 atom stereocenters. The summed E-state index contributed by atoms with van der Waals surface area (Å²) in [5.41, 5.74) is 1.44. The molecule has 1 heterocycles. The fourth-order valence-corrected chi connectivity index (χ4v) is 1.62. The second-order valence-corrected chi connectivity index (χ2v) is 3.90. The zero-order valence-electron chi connectivity index (χ0n) is 9.57. The van der Waals surface area contributed by atoms with Crippen LogP contribution in [0.1, 0.15) is 25.7 Å². The van der Waals surface area contributed by atoms with Crippen molar-refractivity contribution in [2.45, 2.75) is 25.7 Å². The molecule has 1 aliphatic heterocycles. The summed E-state index contributed by atoms with van der Waals surface area (Å²) in [5.74, 6) is -1.09. The summed E-state index contributed by atoms with van der Waals surface area (Å²) < 4.78 is 0. The molecule has 7 nitrogen and oxygen atoms in total. The van der Waals surface area contributed by atoms with Crippen molar-refractivity contribution in [3.8, 4) is 0 Å². The average molecular weight is 243 g/mol. The van der Waals surface area contributed by atoms with Crippen LogP contribution in [0.5, 0.6) is 0 Å². The number of amides is 3. The Morgan fingerprint density at radius 1 is 1.06 bits per heavy atom. The van der Waals surface area contributed by atoms with Crippen molar-refractivity contribution in [2.24, 2.45) is 0 Å². The van der Waals surface area contributed by atoms with E-state index in [4.69, 9.17) is 5.21 Å². The quantitative estimate of drug-likeness (QED) is 0.426. The monoisotopic (exact) mass is 243 g/mol. The van der Waals surface area contributed by atoms with Crippen LogP contribution in [0.3, 0.4) is 0 Å². The fraction of sp³-hybridized carbons (Fsp3) is 0.700. The summed E-state index contributed by atoms with van der Waals surface area (Å²) in [4.78, 5) is 35.1. The zero-order valence-corrected chi connectivity index (χ0v) is 9.57. The summed E-state index contributed by atoms with van der Waals surface area (Å²) in [5, 5.41) is 10.7. The van der Waals surface area contributed by atoms with Crippen LogP contribution >= 0.6 is 0 Å². The third-order valence-corrected chi connectivity index (χ3v) is 2.60. The minimum absolute atomic E-state index is 0.0282. The van der Waals surface area contributed by atoms with Crippen LogP contribution in [0.15, 0.2) is 0 Å². The molecule has 96 valence electrons. The molecule has 0 unspecified atom stereocenters. The van der Waals surface area contributed by atoms with E-state index in [2.05, 4.69) is 5.32 Å². The van der Waals surface area contributed by atoms with Gasteiger partial charge in [-0.3, -0.25) is 19.6 Å². The van der Waals surface area contributed by atoms with Crippen molar-refractivity contribution in [2.75, 3.05) is 19.6 Å². The molecule has 1 rings (SSSR count). The highest BCUT2D eigenvalue weighted by molar-refractivity contribution is 5.87.